The highest BCUT2D eigenvalue weighted by molar-refractivity contribution is 5.72. The summed E-state index contributed by atoms with van der Waals surface area (Å²) in [6.45, 7) is 1.42. The van der Waals surface area contributed by atoms with Gasteiger partial charge in [0.15, 0.2) is 0 Å². The van der Waals surface area contributed by atoms with Crippen LogP contribution in [0, 0.1) is 0 Å². The number of rotatable bonds is 4. The molecule has 0 aliphatic carbocycles. The minimum absolute atomic E-state index is 0.216. The van der Waals surface area contributed by atoms with E-state index < -0.39 is 18.2 Å². The Hall–Kier alpha value is -1.39. The van der Waals surface area contributed by atoms with Gasteiger partial charge < -0.3 is 14.9 Å². The minimum Gasteiger partial charge on any atom is -0.426 e. The predicted molar refractivity (Wildman–Crippen MR) is 54.4 cm³/mol. The molecule has 4 heteroatoms. The van der Waals surface area contributed by atoms with Crippen molar-refractivity contribution in [1.29, 1.82) is 0 Å². The molecule has 0 saturated carbocycles. The summed E-state index contributed by atoms with van der Waals surface area (Å²) in [5.41, 5.74) is 0. The molecule has 15 heavy (non-hydrogen) atoms. The first-order valence-electron chi connectivity index (χ1n) is 4.71. The van der Waals surface area contributed by atoms with Crippen LogP contribution in [-0.2, 0) is 4.79 Å². The van der Waals surface area contributed by atoms with E-state index in [0.717, 1.165) is 0 Å². The van der Waals surface area contributed by atoms with Crippen molar-refractivity contribution >= 4 is 5.97 Å². The Morgan fingerprint density at radius 2 is 1.93 bits per heavy atom. The van der Waals surface area contributed by atoms with Crippen LogP contribution in [0.2, 0.25) is 0 Å². The van der Waals surface area contributed by atoms with Crippen LogP contribution in [0.1, 0.15) is 13.3 Å². The van der Waals surface area contributed by atoms with Crippen LogP contribution in [0.3, 0.4) is 0 Å². The molecule has 2 unspecified atom stereocenters. The van der Waals surface area contributed by atoms with Crippen molar-refractivity contribution < 1.29 is 19.7 Å². The molecule has 2 N–H and O–H groups in total. The molecule has 0 radical (unpaired) electrons. The summed E-state index contributed by atoms with van der Waals surface area (Å²) in [6.07, 6.45) is -2.23. The number of hydrogen-bond acceptors (Lipinski definition) is 4. The summed E-state index contributed by atoms with van der Waals surface area (Å²) in [5, 5.41) is 18.2. The van der Waals surface area contributed by atoms with E-state index in [1.54, 1.807) is 24.3 Å². The van der Waals surface area contributed by atoms with Crippen LogP contribution in [-0.4, -0.2) is 28.4 Å². The summed E-state index contributed by atoms with van der Waals surface area (Å²) >= 11 is 0. The Kier molecular flexibility index (Phi) is 4.27. The van der Waals surface area contributed by atoms with Gasteiger partial charge >= 0.3 is 5.97 Å². The lowest BCUT2D eigenvalue weighted by molar-refractivity contribution is -0.138. The smallest absolute Gasteiger partial charge is 0.313 e. The number of para-hydroxylation sites is 1. The van der Waals surface area contributed by atoms with Gasteiger partial charge in [-0.3, -0.25) is 4.79 Å². The normalized spacial score (nSPS) is 14.3. The van der Waals surface area contributed by atoms with Crippen molar-refractivity contribution in [3.63, 3.8) is 0 Å². The van der Waals surface area contributed by atoms with Gasteiger partial charge in [0, 0.05) is 0 Å². The molecule has 0 spiro atoms. The highest BCUT2D eigenvalue weighted by Crippen LogP contribution is 2.10. The van der Waals surface area contributed by atoms with Crippen LogP contribution in [0.15, 0.2) is 30.3 Å². The van der Waals surface area contributed by atoms with Crippen LogP contribution in [0.4, 0.5) is 0 Å². The third kappa shape index (κ3) is 4.10. The Morgan fingerprint density at radius 3 is 2.47 bits per heavy atom. The Labute approximate surface area is 88.1 Å². The number of esters is 1. The number of ether oxygens (including phenoxy) is 1. The van der Waals surface area contributed by atoms with Gasteiger partial charge in [0.2, 0.25) is 0 Å². The fourth-order valence-electron chi connectivity index (χ4n) is 1.00. The second kappa shape index (κ2) is 5.48. The average Bonchev–Trinajstić information content (AvgIpc) is 2.18. The molecule has 0 aliphatic rings. The number of carbonyl (C=O) groups is 1. The lowest BCUT2D eigenvalue weighted by Gasteiger charge is -2.12. The van der Waals surface area contributed by atoms with E-state index in [1.807, 2.05) is 6.07 Å². The maximum Gasteiger partial charge on any atom is 0.313 e. The van der Waals surface area contributed by atoms with Gasteiger partial charge in [0.25, 0.3) is 0 Å². The largest absolute Gasteiger partial charge is 0.426 e. The molecule has 0 amide bonds. The first-order chi connectivity index (χ1) is 7.09. The predicted octanol–water partition coefficient (Wildman–Crippen LogP) is 0.724. The molecular formula is C11H14O4. The second-order valence-corrected chi connectivity index (χ2v) is 3.30. The van der Waals surface area contributed by atoms with E-state index in [2.05, 4.69) is 0 Å². The maximum absolute atomic E-state index is 11.2. The maximum atomic E-state index is 11.2. The van der Waals surface area contributed by atoms with Crippen molar-refractivity contribution in [3.05, 3.63) is 30.3 Å². The molecule has 0 saturated heterocycles. The Balaban J connectivity index is 2.43. The monoisotopic (exact) mass is 210 g/mol. The molecule has 1 rings (SSSR count). The van der Waals surface area contributed by atoms with Crippen molar-refractivity contribution in [3.8, 4) is 5.75 Å². The number of benzene rings is 1. The van der Waals surface area contributed by atoms with Gasteiger partial charge in [-0.05, 0) is 19.1 Å². The van der Waals surface area contributed by atoms with Gasteiger partial charge in [-0.25, -0.2) is 0 Å². The molecule has 0 fully saturated rings. The molecular weight excluding hydrogens is 196 g/mol. The van der Waals surface area contributed by atoms with Crippen molar-refractivity contribution in [2.75, 3.05) is 0 Å². The topological polar surface area (TPSA) is 66.8 Å². The van der Waals surface area contributed by atoms with Crippen LogP contribution < -0.4 is 4.74 Å². The summed E-state index contributed by atoms with van der Waals surface area (Å²) in [6, 6.07) is 8.59. The zero-order valence-corrected chi connectivity index (χ0v) is 8.46. The molecule has 0 bridgehead atoms. The van der Waals surface area contributed by atoms with Crippen LogP contribution in [0.5, 0.6) is 5.75 Å². The first-order valence-corrected chi connectivity index (χ1v) is 4.71. The third-order valence-corrected chi connectivity index (χ3v) is 1.91. The van der Waals surface area contributed by atoms with Crippen molar-refractivity contribution in [2.24, 2.45) is 0 Å². The second-order valence-electron chi connectivity index (χ2n) is 3.30. The summed E-state index contributed by atoms with van der Waals surface area (Å²) < 4.78 is 4.93. The van der Waals surface area contributed by atoms with Gasteiger partial charge in [0.1, 0.15) is 5.75 Å². The van der Waals surface area contributed by atoms with E-state index >= 15 is 0 Å². The zero-order chi connectivity index (χ0) is 11.3. The molecule has 0 aromatic heterocycles. The number of carbonyl (C=O) groups excluding carboxylic acids is 1. The fourth-order valence-corrected chi connectivity index (χ4v) is 1.00. The van der Waals surface area contributed by atoms with Gasteiger partial charge in [-0.1, -0.05) is 18.2 Å². The first kappa shape index (κ1) is 11.7. The van der Waals surface area contributed by atoms with Crippen molar-refractivity contribution in [1.82, 2.24) is 0 Å². The molecule has 0 aliphatic heterocycles. The summed E-state index contributed by atoms with van der Waals surface area (Å²) in [5.74, 6) is -0.130. The minimum atomic E-state index is -1.08. The lowest BCUT2D eigenvalue weighted by Crippen LogP contribution is -2.27. The van der Waals surface area contributed by atoms with E-state index in [9.17, 15) is 9.90 Å². The quantitative estimate of drug-likeness (QED) is 0.567. The molecule has 1 aromatic carbocycles. The summed E-state index contributed by atoms with van der Waals surface area (Å²) in [7, 11) is 0. The highest BCUT2D eigenvalue weighted by atomic mass is 16.5. The number of aliphatic hydroxyl groups is 2. The van der Waals surface area contributed by atoms with Crippen LogP contribution >= 0.6 is 0 Å². The van der Waals surface area contributed by atoms with E-state index in [-0.39, 0.29) is 6.42 Å². The molecule has 4 nitrogen and oxygen atoms in total. The molecule has 82 valence electrons. The standard InChI is InChI=1S/C11H14O4/c1-8(12)10(13)7-11(14)15-9-5-3-2-4-6-9/h2-6,8,10,12-13H,7H2,1H3. The Bertz CT molecular complexity index is 308. The highest BCUT2D eigenvalue weighted by Gasteiger charge is 2.16. The van der Waals surface area contributed by atoms with Gasteiger partial charge in [-0.15, -0.1) is 0 Å². The molecule has 2 atom stereocenters. The van der Waals surface area contributed by atoms with Gasteiger partial charge in [-0.2, -0.15) is 0 Å². The third-order valence-electron chi connectivity index (χ3n) is 1.91. The average molecular weight is 210 g/mol. The molecule has 0 heterocycles. The van der Waals surface area contributed by atoms with E-state index in [0.29, 0.717) is 5.75 Å². The fraction of sp³-hybridized carbons (Fsp3) is 0.364. The SMILES string of the molecule is CC(O)C(O)CC(=O)Oc1ccccc1. The lowest BCUT2D eigenvalue weighted by atomic mass is 10.2. The van der Waals surface area contributed by atoms with Crippen LogP contribution in [0.25, 0.3) is 0 Å². The number of hydrogen-bond donors (Lipinski definition) is 2. The summed E-state index contributed by atoms with van der Waals surface area (Å²) in [4.78, 5) is 11.2. The van der Waals surface area contributed by atoms with E-state index in [4.69, 9.17) is 9.84 Å². The van der Waals surface area contributed by atoms with Crippen molar-refractivity contribution in [2.45, 2.75) is 25.6 Å². The van der Waals surface area contributed by atoms with E-state index in [1.165, 1.54) is 6.92 Å². The zero-order valence-electron chi connectivity index (χ0n) is 8.46. The Morgan fingerprint density at radius 1 is 1.33 bits per heavy atom. The molecule has 1 aromatic rings. The number of aliphatic hydroxyl groups excluding tert-OH is 2. The van der Waals surface area contributed by atoms with Gasteiger partial charge in [0.05, 0.1) is 18.6 Å².